The molecule has 180 valence electrons. The zero-order valence-corrected chi connectivity index (χ0v) is 23.0. The number of allylic oxidation sites excluding steroid dienone is 1. The van der Waals surface area contributed by atoms with Gasteiger partial charge in [-0.1, -0.05) is 110 Å². The van der Waals surface area contributed by atoms with Crippen molar-refractivity contribution in [2.45, 2.75) is 36.5 Å². The van der Waals surface area contributed by atoms with Crippen LogP contribution in [0.5, 0.6) is 0 Å². The predicted molar refractivity (Wildman–Crippen MR) is 158 cm³/mol. The predicted octanol–water partition coefficient (Wildman–Crippen LogP) is 8.33. The van der Waals surface area contributed by atoms with Gasteiger partial charge in [0.15, 0.2) is 0 Å². The van der Waals surface area contributed by atoms with Crippen LogP contribution in [0.1, 0.15) is 39.8 Å². The van der Waals surface area contributed by atoms with Crippen molar-refractivity contribution in [3.05, 3.63) is 137 Å². The van der Waals surface area contributed by atoms with Crippen molar-refractivity contribution in [3.8, 4) is 11.3 Å². The van der Waals surface area contributed by atoms with Crippen LogP contribution in [0, 0.1) is 6.92 Å². The van der Waals surface area contributed by atoms with Gasteiger partial charge in [-0.05, 0) is 58.9 Å². The smallest absolute Gasteiger partial charge is 0.0801 e. The van der Waals surface area contributed by atoms with Crippen LogP contribution < -0.4 is 0 Å². The zero-order valence-electron chi connectivity index (χ0n) is 22.0. The molecule has 0 saturated carbocycles. The summed E-state index contributed by atoms with van der Waals surface area (Å²) >= 11 is 0. The molecule has 0 radical (unpaired) electrons. The molecule has 1 aliphatic heterocycles. The summed E-state index contributed by atoms with van der Waals surface area (Å²) in [6.45, 7) is 7.59. The summed E-state index contributed by atoms with van der Waals surface area (Å²) in [6.07, 6.45) is 3.85. The maximum atomic E-state index is 2.70. The number of benzene rings is 4. The van der Waals surface area contributed by atoms with Crippen molar-refractivity contribution < 1.29 is 0 Å². The third-order valence-electron chi connectivity index (χ3n) is 10.3. The highest BCUT2D eigenvalue weighted by molar-refractivity contribution is 6.88. The lowest BCUT2D eigenvalue weighted by Gasteiger charge is -2.66. The van der Waals surface area contributed by atoms with Gasteiger partial charge in [0.05, 0.1) is 13.8 Å². The Balaban J connectivity index is 1.44. The maximum absolute atomic E-state index is 2.70. The quantitative estimate of drug-likeness (QED) is 0.207. The van der Waals surface area contributed by atoms with Crippen molar-refractivity contribution in [2.75, 3.05) is 0 Å². The molecule has 2 heteroatoms. The number of aryl methyl sites for hydroxylation is 2. The third kappa shape index (κ3) is 2.28. The molecule has 4 aromatic carbocycles. The van der Waals surface area contributed by atoms with Crippen molar-refractivity contribution in [2.24, 2.45) is 7.05 Å². The van der Waals surface area contributed by atoms with Gasteiger partial charge in [-0.3, -0.25) is 0 Å². The van der Waals surface area contributed by atoms with Crippen LogP contribution in [0.15, 0.2) is 103 Å². The van der Waals surface area contributed by atoms with Crippen LogP contribution in [0.2, 0.25) is 13.1 Å². The third-order valence-corrected chi connectivity index (χ3v) is 16.0. The summed E-state index contributed by atoms with van der Waals surface area (Å²) in [5.41, 5.74) is 14.5. The lowest BCUT2D eigenvalue weighted by atomic mass is 9.79. The molecule has 1 nitrogen and oxygen atoms in total. The van der Waals surface area contributed by atoms with E-state index in [-0.39, 0.29) is 10.1 Å². The summed E-state index contributed by atoms with van der Waals surface area (Å²) in [5.74, 6) is 0. The van der Waals surface area contributed by atoms with E-state index < -0.39 is 8.07 Å². The standard InChI is InChI=1S/C35H31NSi/c1-23-18-19-31-27(20-23)32-33(36(31)2)26-15-9-11-17-30(26)35(32)22-34(37(35,3)4)21-28(24-12-6-5-7-13-24)25-14-8-10-16-29(25)34/h5-21H,22H2,1-4H3. The average molecular weight is 494 g/mol. The second-order valence-corrected chi connectivity index (χ2v) is 17.0. The van der Waals surface area contributed by atoms with Gasteiger partial charge in [-0.15, -0.1) is 0 Å². The topological polar surface area (TPSA) is 4.93 Å². The summed E-state index contributed by atoms with van der Waals surface area (Å²) in [4.78, 5) is 0. The van der Waals surface area contributed by atoms with Gasteiger partial charge in [0.25, 0.3) is 0 Å². The van der Waals surface area contributed by atoms with E-state index in [2.05, 4.69) is 135 Å². The number of aromatic nitrogens is 1. The molecule has 0 N–H and O–H groups in total. The highest BCUT2D eigenvalue weighted by Gasteiger charge is 2.74. The number of rotatable bonds is 1. The van der Waals surface area contributed by atoms with E-state index in [1.165, 1.54) is 44.4 Å². The highest BCUT2D eigenvalue weighted by atomic mass is 28.3. The first-order valence-electron chi connectivity index (χ1n) is 13.5. The lowest BCUT2D eigenvalue weighted by molar-refractivity contribution is 0.433. The van der Waals surface area contributed by atoms with Gasteiger partial charge in [-0.25, -0.2) is 0 Å². The Labute approximate surface area is 220 Å². The molecule has 2 aliphatic carbocycles. The minimum Gasteiger partial charge on any atom is -0.343 e. The molecule has 2 atom stereocenters. The van der Waals surface area contributed by atoms with Crippen LogP contribution in [0.4, 0.5) is 0 Å². The molecule has 2 spiro atoms. The Morgan fingerprint density at radius 1 is 0.757 bits per heavy atom. The largest absolute Gasteiger partial charge is 0.343 e. The van der Waals surface area contributed by atoms with E-state index >= 15 is 0 Å². The Morgan fingerprint density at radius 2 is 1.43 bits per heavy atom. The van der Waals surface area contributed by atoms with Gasteiger partial charge in [-0.2, -0.15) is 0 Å². The molecule has 1 saturated heterocycles. The molecular formula is C35H31NSi. The molecule has 1 fully saturated rings. The van der Waals surface area contributed by atoms with Crippen LogP contribution >= 0.6 is 0 Å². The van der Waals surface area contributed by atoms with Crippen molar-refractivity contribution >= 4 is 24.5 Å². The average Bonchev–Trinajstić information content (AvgIpc) is 3.53. The van der Waals surface area contributed by atoms with E-state index in [1.807, 2.05) is 0 Å². The van der Waals surface area contributed by atoms with Gasteiger partial charge < -0.3 is 4.57 Å². The molecule has 1 aromatic heterocycles. The van der Waals surface area contributed by atoms with E-state index in [1.54, 1.807) is 16.7 Å². The zero-order chi connectivity index (χ0) is 25.2. The van der Waals surface area contributed by atoms with Gasteiger partial charge >= 0.3 is 0 Å². The van der Waals surface area contributed by atoms with E-state index in [0.29, 0.717) is 0 Å². The molecule has 8 rings (SSSR count). The number of fused-ring (bicyclic) bond motifs is 9. The van der Waals surface area contributed by atoms with Crippen molar-refractivity contribution in [1.29, 1.82) is 0 Å². The van der Waals surface area contributed by atoms with Crippen molar-refractivity contribution in [3.63, 3.8) is 0 Å². The summed E-state index contributed by atoms with van der Waals surface area (Å²) in [5, 5.41) is 1.68. The number of nitrogens with zero attached hydrogens (tertiary/aromatic N) is 1. The monoisotopic (exact) mass is 493 g/mol. The number of hydrogen-bond donors (Lipinski definition) is 0. The normalized spacial score (nSPS) is 24.2. The first-order chi connectivity index (χ1) is 17.9. The molecule has 2 unspecified atom stereocenters. The first-order valence-corrected chi connectivity index (χ1v) is 16.5. The van der Waals surface area contributed by atoms with E-state index in [9.17, 15) is 0 Å². The Bertz CT molecular complexity index is 1800. The Hall–Kier alpha value is -3.62. The Morgan fingerprint density at radius 3 is 2.19 bits per heavy atom. The van der Waals surface area contributed by atoms with E-state index in [4.69, 9.17) is 0 Å². The molecular weight excluding hydrogens is 462 g/mol. The van der Waals surface area contributed by atoms with E-state index in [0.717, 1.165) is 6.42 Å². The summed E-state index contributed by atoms with van der Waals surface area (Å²) in [7, 11) is 0.247. The maximum Gasteiger partial charge on any atom is 0.0801 e. The molecule has 0 bridgehead atoms. The van der Waals surface area contributed by atoms with Gasteiger partial charge in [0, 0.05) is 33.6 Å². The molecule has 0 amide bonds. The van der Waals surface area contributed by atoms with Crippen LogP contribution in [-0.2, 0) is 17.1 Å². The van der Waals surface area contributed by atoms with Crippen LogP contribution in [0.25, 0.3) is 27.7 Å². The van der Waals surface area contributed by atoms with Gasteiger partial charge in [0.2, 0.25) is 0 Å². The SMILES string of the molecule is Cc1ccc2c(c1)c1c(n2C)-c2ccccc2C12CC1(C=C(c3ccccc3)c3ccccc31)[Si]2(C)C. The fourth-order valence-electron chi connectivity index (χ4n) is 8.50. The fourth-order valence-corrected chi connectivity index (χ4v) is 13.6. The minimum atomic E-state index is -2.02. The second-order valence-electron chi connectivity index (χ2n) is 12.0. The van der Waals surface area contributed by atoms with Crippen LogP contribution in [0.3, 0.4) is 0 Å². The van der Waals surface area contributed by atoms with Gasteiger partial charge in [0.1, 0.15) is 0 Å². The number of hydrogen-bond acceptors (Lipinski definition) is 0. The van der Waals surface area contributed by atoms with Crippen molar-refractivity contribution in [1.82, 2.24) is 4.57 Å². The minimum absolute atomic E-state index is 0.0992. The Kier molecular flexibility index (Phi) is 3.95. The summed E-state index contributed by atoms with van der Waals surface area (Å²) in [6, 6.07) is 36.6. The molecule has 2 heterocycles. The lowest BCUT2D eigenvalue weighted by Crippen LogP contribution is -2.75. The fraction of sp³-hybridized carbons (Fsp3) is 0.200. The van der Waals surface area contributed by atoms with Crippen LogP contribution in [-0.4, -0.2) is 12.6 Å². The summed E-state index contributed by atoms with van der Waals surface area (Å²) < 4.78 is 2.47. The molecule has 3 aliphatic rings. The molecule has 5 aromatic rings. The second kappa shape index (κ2) is 6.82. The highest BCUT2D eigenvalue weighted by Crippen LogP contribution is 2.73. The molecule has 37 heavy (non-hydrogen) atoms. The first kappa shape index (κ1) is 21.5.